The highest BCUT2D eigenvalue weighted by molar-refractivity contribution is 4.94. The quantitative estimate of drug-likeness (QED) is 0.798. The Balaban J connectivity index is 2.04. The van der Waals surface area contributed by atoms with Crippen molar-refractivity contribution in [1.29, 1.82) is 0 Å². The summed E-state index contributed by atoms with van der Waals surface area (Å²) in [6.07, 6.45) is 11.3. The fourth-order valence-electron chi connectivity index (χ4n) is 4.38. The molecule has 2 rings (SSSR count). The lowest BCUT2D eigenvalue weighted by Crippen LogP contribution is -2.51. The summed E-state index contributed by atoms with van der Waals surface area (Å²) in [5.74, 6) is 0. The van der Waals surface area contributed by atoms with E-state index in [1.807, 2.05) is 0 Å². The lowest BCUT2D eigenvalue weighted by atomic mass is 9.73. The molecule has 124 valence electrons. The van der Waals surface area contributed by atoms with Crippen LogP contribution in [0.2, 0.25) is 0 Å². The van der Waals surface area contributed by atoms with Crippen LogP contribution in [-0.2, 0) is 0 Å². The van der Waals surface area contributed by atoms with Crippen molar-refractivity contribution in [1.82, 2.24) is 10.2 Å². The van der Waals surface area contributed by atoms with E-state index in [9.17, 15) is 0 Å². The minimum absolute atomic E-state index is 0.241. The Labute approximate surface area is 133 Å². The average Bonchev–Trinajstić information content (AvgIpc) is 2.78. The number of likely N-dealkylation sites (tertiary alicyclic amines) is 1. The molecule has 2 atom stereocenters. The zero-order chi connectivity index (χ0) is 15.5. The van der Waals surface area contributed by atoms with Gasteiger partial charge in [-0.15, -0.1) is 0 Å². The van der Waals surface area contributed by atoms with Crippen LogP contribution in [0.3, 0.4) is 0 Å². The summed E-state index contributed by atoms with van der Waals surface area (Å²) in [6.45, 7) is 14.3. The SMILES string of the molecule is CCC1CCC(C)N1CC1(CNC(C)(C)C)CCCCC1. The minimum Gasteiger partial charge on any atom is -0.311 e. The van der Waals surface area contributed by atoms with Crippen LogP contribution in [-0.4, -0.2) is 35.6 Å². The van der Waals surface area contributed by atoms with Crippen molar-refractivity contribution < 1.29 is 0 Å². The monoisotopic (exact) mass is 294 g/mol. The van der Waals surface area contributed by atoms with Gasteiger partial charge in [0.25, 0.3) is 0 Å². The molecule has 0 bridgehead atoms. The fraction of sp³-hybridized carbons (Fsp3) is 1.00. The normalized spacial score (nSPS) is 30.7. The van der Waals surface area contributed by atoms with E-state index in [4.69, 9.17) is 0 Å². The summed E-state index contributed by atoms with van der Waals surface area (Å²) in [5.41, 5.74) is 0.767. The van der Waals surface area contributed by atoms with E-state index in [1.54, 1.807) is 0 Å². The van der Waals surface area contributed by atoms with Gasteiger partial charge in [-0.25, -0.2) is 0 Å². The van der Waals surface area contributed by atoms with Gasteiger partial charge < -0.3 is 5.32 Å². The van der Waals surface area contributed by atoms with E-state index in [-0.39, 0.29) is 5.54 Å². The summed E-state index contributed by atoms with van der Waals surface area (Å²) >= 11 is 0. The number of rotatable bonds is 5. The third kappa shape index (κ3) is 4.69. The maximum absolute atomic E-state index is 3.83. The van der Waals surface area contributed by atoms with Crippen LogP contribution in [0, 0.1) is 5.41 Å². The van der Waals surface area contributed by atoms with Gasteiger partial charge in [-0.1, -0.05) is 26.2 Å². The molecular formula is C19H38N2. The van der Waals surface area contributed by atoms with Crippen LogP contribution in [0.25, 0.3) is 0 Å². The molecule has 0 amide bonds. The Bertz CT molecular complexity index is 312. The summed E-state index contributed by atoms with van der Waals surface area (Å²) in [7, 11) is 0. The van der Waals surface area contributed by atoms with Crippen molar-refractivity contribution in [2.24, 2.45) is 5.41 Å². The van der Waals surface area contributed by atoms with E-state index in [1.165, 1.54) is 64.5 Å². The summed E-state index contributed by atoms with van der Waals surface area (Å²) < 4.78 is 0. The third-order valence-electron chi connectivity index (χ3n) is 5.85. The van der Waals surface area contributed by atoms with Crippen LogP contribution in [0.5, 0.6) is 0 Å². The zero-order valence-corrected chi connectivity index (χ0v) is 15.2. The molecule has 0 aromatic carbocycles. The van der Waals surface area contributed by atoms with Crippen molar-refractivity contribution in [2.75, 3.05) is 13.1 Å². The molecule has 0 spiro atoms. The van der Waals surface area contributed by atoms with Gasteiger partial charge in [-0.05, 0) is 65.2 Å². The van der Waals surface area contributed by atoms with Gasteiger partial charge in [-0.3, -0.25) is 4.90 Å². The Morgan fingerprint density at radius 2 is 1.76 bits per heavy atom. The maximum Gasteiger partial charge on any atom is 0.00967 e. The Hall–Kier alpha value is -0.0800. The van der Waals surface area contributed by atoms with Crippen LogP contribution in [0.4, 0.5) is 0 Å². The number of nitrogens with zero attached hydrogens (tertiary/aromatic N) is 1. The van der Waals surface area contributed by atoms with Crippen LogP contribution in [0.15, 0.2) is 0 Å². The largest absolute Gasteiger partial charge is 0.311 e. The Morgan fingerprint density at radius 1 is 1.10 bits per heavy atom. The Morgan fingerprint density at radius 3 is 2.33 bits per heavy atom. The summed E-state index contributed by atoms with van der Waals surface area (Å²) in [4.78, 5) is 2.86. The standard InChI is InChI=1S/C19H38N2/c1-6-17-11-10-16(2)21(17)15-19(12-8-7-9-13-19)14-20-18(3,4)5/h16-17,20H,6-15H2,1-5H3. The number of hydrogen-bond acceptors (Lipinski definition) is 2. The first kappa shape index (κ1) is 17.3. The van der Waals surface area contributed by atoms with Gasteiger partial charge >= 0.3 is 0 Å². The lowest BCUT2D eigenvalue weighted by Gasteiger charge is -2.44. The molecule has 2 fully saturated rings. The molecule has 0 aromatic heterocycles. The smallest absolute Gasteiger partial charge is 0.00967 e. The molecule has 21 heavy (non-hydrogen) atoms. The first-order chi connectivity index (χ1) is 9.85. The second-order valence-corrected chi connectivity index (χ2v) is 8.82. The molecule has 2 nitrogen and oxygen atoms in total. The minimum atomic E-state index is 0.241. The molecule has 0 aromatic rings. The molecule has 0 radical (unpaired) electrons. The van der Waals surface area contributed by atoms with Crippen molar-refractivity contribution >= 4 is 0 Å². The number of nitrogens with one attached hydrogen (secondary N) is 1. The summed E-state index contributed by atoms with van der Waals surface area (Å²) in [6, 6.07) is 1.64. The highest BCUT2D eigenvalue weighted by atomic mass is 15.2. The average molecular weight is 295 g/mol. The van der Waals surface area contributed by atoms with Gasteiger partial charge in [0, 0.05) is 30.7 Å². The molecule has 1 heterocycles. The molecule has 1 aliphatic carbocycles. The van der Waals surface area contributed by atoms with Crippen molar-refractivity contribution in [3.05, 3.63) is 0 Å². The van der Waals surface area contributed by atoms with Crippen molar-refractivity contribution in [3.63, 3.8) is 0 Å². The first-order valence-corrected chi connectivity index (χ1v) is 9.36. The highest BCUT2D eigenvalue weighted by Crippen LogP contribution is 2.40. The zero-order valence-electron chi connectivity index (χ0n) is 15.2. The van der Waals surface area contributed by atoms with Crippen molar-refractivity contribution in [3.8, 4) is 0 Å². The van der Waals surface area contributed by atoms with E-state index < -0.39 is 0 Å². The molecule has 2 heteroatoms. The molecule has 2 unspecified atom stereocenters. The van der Waals surface area contributed by atoms with E-state index >= 15 is 0 Å². The fourth-order valence-corrected chi connectivity index (χ4v) is 4.38. The molecule has 1 N–H and O–H groups in total. The van der Waals surface area contributed by atoms with Gasteiger partial charge in [0.15, 0.2) is 0 Å². The topological polar surface area (TPSA) is 15.3 Å². The predicted octanol–water partition coefficient (Wildman–Crippen LogP) is 4.59. The van der Waals surface area contributed by atoms with Gasteiger partial charge in [0.1, 0.15) is 0 Å². The number of hydrogen-bond donors (Lipinski definition) is 1. The second kappa shape index (κ2) is 7.00. The molecule has 1 saturated carbocycles. The van der Waals surface area contributed by atoms with Gasteiger partial charge in [0.2, 0.25) is 0 Å². The Kier molecular flexibility index (Phi) is 5.76. The predicted molar refractivity (Wildman–Crippen MR) is 92.8 cm³/mol. The molecule has 1 saturated heterocycles. The second-order valence-electron chi connectivity index (χ2n) is 8.82. The van der Waals surface area contributed by atoms with Gasteiger partial charge in [-0.2, -0.15) is 0 Å². The lowest BCUT2D eigenvalue weighted by molar-refractivity contribution is 0.0682. The summed E-state index contributed by atoms with van der Waals surface area (Å²) in [5, 5.41) is 3.83. The first-order valence-electron chi connectivity index (χ1n) is 9.36. The van der Waals surface area contributed by atoms with E-state index in [0.29, 0.717) is 5.41 Å². The molecule has 1 aliphatic heterocycles. The van der Waals surface area contributed by atoms with Crippen molar-refractivity contribution in [2.45, 2.75) is 104 Å². The third-order valence-corrected chi connectivity index (χ3v) is 5.85. The molecule has 2 aliphatic rings. The van der Waals surface area contributed by atoms with Gasteiger partial charge in [0.05, 0.1) is 0 Å². The van der Waals surface area contributed by atoms with E-state index in [0.717, 1.165) is 12.1 Å². The van der Waals surface area contributed by atoms with Crippen LogP contribution >= 0.6 is 0 Å². The van der Waals surface area contributed by atoms with Crippen LogP contribution < -0.4 is 5.32 Å². The van der Waals surface area contributed by atoms with Crippen LogP contribution in [0.1, 0.15) is 86.0 Å². The molecular weight excluding hydrogens is 256 g/mol. The van der Waals surface area contributed by atoms with E-state index in [2.05, 4.69) is 44.8 Å². The highest BCUT2D eigenvalue weighted by Gasteiger charge is 2.39. The maximum atomic E-state index is 3.83.